The lowest BCUT2D eigenvalue weighted by molar-refractivity contribution is -0.153. The number of ether oxygens (including phenoxy) is 2. The van der Waals surface area contributed by atoms with Gasteiger partial charge in [0.05, 0.1) is 12.1 Å². The van der Waals surface area contributed by atoms with Crippen molar-refractivity contribution in [2.45, 2.75) is 12.6 Å². The molecule has 0 radical (unpaired) electrons. The minimum atomic E-state index is -4.48. The Labute approximate surface area is 145 Å². The van der Waals surface area contributed by atoms with E-state index in [0.717, 1.165) is 5.01 Å². The molecular formula is C15H16F3N3O3S. The molecule has 0 aliphatic carbocycles. The van der Waals surface area contributed by atoms with Gasteiger partial charge in [-0.1, -0.05) is 0 Å². The summed E-state index contributed by atoms with van der Waals surface area (Å²) in [5.74, 6) is -0.479. The van der Waals surface area contributed by atoms with E-state index in [9.17, 15) is 18.0 Å². The summed E-state index contributed by atoms with van der Waals surface area (Å²) in [6, 6.07) is 4.15. The number of anilines is 1. The Balaban J connectivity index is 2.11. The predicted octanol–water partition coefficient (Wildman–Crippen LogP) is 2.85. The van der Waals surface area contributed by atoms with E-state index < -0.39 is 18.7 Å². The minimum Gasteiger partial charge on any atom is -0.493 e. The topological polar surface area (TPSA) is 86.5 Å². The van der Waals surface area contributed by atoms with E-state index in [0.29, 0.717) is 13.0 Å². The second-order valence-electron chi connectivity index (χ2n) is 4.89. The lowest BCUT2D eigenvalue weighted by atomic mass is 10.2. The smallest absolute Gasteiger partial charge is 0.422 e. The zero-order valence-corrected chi connectivity index (χ0v) is 14.0. The first-order valence-corrected chi connectivity index (χ1v) is 8.03. The Morgan fingerprint density at radius 1 is 1.36 bits per heavy atom. The molecule has 2 aromatic rings. The van der Waals surface area contributed by atoms with Crippen LogP contribution in [0.4, 0.5) is 18.9 Å². The third-order valence-corrected chi connectivity index (χ3v) is 3.86. The van der Waals surface area contributed by atoms with Crippen molar-refractivity contribution < 1.29 is 27.4 Å². The highest BCUT2D eigenvalue weighted by molar-refractivity contribution is 7.09. The Bertz CT molecular complexity index is 734. The molecule has 1 aromatic heterocycles. The second kappa shape index (κ2) is 8.17. The van der Waals surface area contributed by atoms with E-state index in [1.54, 1.807) is 5.38 Å². The van der Waals surface area contributed by atoms with Gasteiger partial charge in [-0.3, -0.25) is 4.79 Å². The number of amides is 1. The molecule has 0 saturated carbocycles. The lowest BCUT2D eigenvalue weighted by Gasteiger charge is -2.14. The van der Waals surface area contributed by atoms with Gasteiger partial charge in [0.1, 0.15) is 5.69 Å². The van der Waals surface area contributed by atoms with Crippen LogP contribution in [0.25, 0.3) is 0 Å². The van der Waals surface area contributed by atoms with Gasteiger partial charge < -0.3 is 20.5 Å². The van der Waals surface area contributed by atoms with Gasteiger partial charge in [-0.15, -0.1) is 11.3 Å². The van der Waals surface area contributed by atoms with Gasteiger partial charge in [0.15, 0.2) is 18.1 Å². The van der Waals surface area contributed by atoms with E-state index >= 15 is 0 Å². The number of rotatable bonds is 7. The van der Waals surface area contributed by atoms with Crippen molar-refractivity contribution in [3.63, 3.8) is 0 Å². The molecule has 10 heteroatoms. The average molecular weight is 375 g/mol. The van der Waals surface area contributed by atoms with Crippen LogP contribution >= 0.6 is 11.3 Å². The molecule has 0 saturated heterocycles. The Morgan fingerprint density at radius 3 is 2.76 bits per heavy atom. The number of benzene rings is 1. The molecule has 0 unspecified atom stereocenters. The second-order valence-corrected chi connectivity index (χ2v) is 5.83. The fourth-order valence-electron chi connectivity index (χ4n) is 1.88. The van der Waals surface area contributed by atoms with Crippen LogP contribution in [0.2, 0.25) is 0 Å². The highest BCUT2D eigenvalue weighted by Gasteiger charge is 2.29. The summed E-state index contributed by atoms with van der Waals surface area (Å²) in [5.41, 5.74) is 5.90. The van der Waals surface area contributed by atoms with Gasteiger partial charge >= 0.3 is 6.18 Å². The first-order valence-electron chi connectivity index (χ1n) is 7.16. The summed E-state index contributed by atoms with van der Waals surface area (Å²) in [6.07, 6.45) is -3.92. The van der Waals surface area contributed by atoms with E-state index in [1.165, 1.54) is 36.6 Å². The van der Waals surface area contributed by atoms with Crippen LogP contribution in [0.15, 0.2) is 23.6 Å². The van der Waals surface area contributed by atoms with Crippen LogP contribution in [-0.2, 0) is 6.42 Å². The maximum absolute atomic E-state index is 12.3. The number of hydrogen-bond acceptors (Lipinski definition) is 6. The number of hydrogen-bond donors (Lipinski definition) is 2. The molecule has 1 amide bonds. The van der Waals surface area contributed by atoms with Gasteiger partial charge in [-0.25, -0.2) is 4.98 Å². The van der Waals surface area contributed by atoms with Crippen molar-refractivity contribution in [1.29, 1.82) is 0 Å². The zero-order valence-electron chi connectivity index (χ0n) is 13.2. The maximum atomic E-state index is 12.3. The van der Waals surface area contributed by atoms with Crippen LogP contribution in [0.5, 0.6) is 11.5 Å². The maximum Gasteiger partial charge on any atom is 0.422 e. The van der Waals surface area contributed by atoms with Crippen LogP contribution in [0.1, 0.15) is 15.5 Å². The van der Waals surface area contributed by atoms with E-state index in [4.69, 9.17) is 15.2 Å². The van der Waals surface area contributed by atoms with Crippen molar-refractivity contribution >= 4 is 22.9 Å². The summed E-state index contributed by atoms with van der Waals surface area (Å²) in [4.78, 5) is 16.3. The normalized spacial score (nSPS) is 11.2. The van der Waals surface area contributed by atoms with Crippen molar-refractivity contribution in [2.24, 2.45) is 5.73 Å². The van der Waals surface area contributed by atoms with Crippen molar-refractivity contribution in [1.82, 2.24) is 4.98 Å². The minimum absolute atomic E-state index is 0.125. The third-order valence-electron chi connectivity index (χ3n) is 2.96. The van der Waals surface area contributed by atoms with Gasteiger partial charge in [0.2, 0.25) is 0 Å². The molecule has 0 bridgehead atoms. The molecular weight excluding hydrogens is 359 g/mol. The Morgan fingerprint density at radius 2 is 2.12 bits per heavy atom. The number of nitrogens with zero attached hydrogens (tertiary/aromatic N) is 1. The van der Waals surface area contributed by atoms with Gasteiger partial charge in [-0.2, -0.15) is 13.2 Å². The lowest BCUT2D eigenvalue weighted by Crippen LogP contribution is -2.19. The summed E-state index contributed by atoms with van der Waals surface area (Å²) in [7, 11) is 1.31. The van der Waals surface area contributed by atoms with Gasteiger partial charge in [0.25, 0.3) is 5.91 Å². The number of alkyl halides is 3. The van der Waals surface area contributed by atoms with Crippen molar-refractivity contribution in [3.05, 3.63) is 34.3 Å². The van der Waals surface area contributed by atoms with Crippen LogP contribution in [0.3, 0.4) is 0 Å². The van der Waals surface area contributed by atoms with E-state index in [1.807, 2.05) is 0 Å². The molecule has 0 aliphatic heterocycles. The number of methoxy groups -OCH3 is 1. The molecule has 1 heterocycles. The van der Waals surface area contributed by atoms with Gasteiger partial charge in [-0.05, 0) is 18.7 Å². The number of carbonyl (C=O) groups is 1. The fraction of sp³-hybridized carbons (Fsp3) is 0.333. The number of nitrogens with two attached hydrogens (primary N) is 1. The molecule has 25 heavy (non-hydrogen) atoms. The quantitative estimate of drug-likeness (QED) is 0.777. The predicted molar refractivity (Wildman–Crippen MR) is 87.4 cm³/mol. The first-order chi connectivity index (χ1) is 11.8. The fourth-order valence-corrected chi connectivity index (χ4v) is 2.67. The summed E-state index contributed by atoms with van der Waals surface area (Å²) in [5, 5.41) is 4.88. The number of carbonyl (C=O) groups excluding carboxylic acids is 1. The molecule has 2 rings (SSSR count). The summed E-state index contributed by atoms with van der Waals surface area (Å²) < 4.78 is 46.7. The molecule has 3 N–H and O–H groups in total. The summed E-state index contributed by atoms with van der Waals surface area (Å²) in [6.45, 7) is -1.04. The molecule has 0 aliphatic rings. The highest BCUT2D eigenvalue weighted by Crippen LogP contribution is 2.31. The van der Waals surface area contributed by atoms with Crippen molar-refractivity contribution in [3.8, 4) is 11.5 Å². The SMILES string of the molecule is COc1ccc(NC(=O)c2csc(CCN)n2)cc1OCC(F)(F)F. The zero-order chi connectivity index (χ0) is 18.4. The summed E-state index contributed by atoms with van der Waals surface area (Å²) >= 11 is 1.31. The Hall–Kier alpha value is -2.33. The highest BCUT2D eigenvalue weighted by atomic mass is 32.1. The number of thiazole rings is 1. The van der Waals surface area contributed by atoms with Crippen molar-refractivity contribution in [2.75, 3.05) is 25.6 Å². The van der Waals surface area contributed by atoms with E-state index in [-0.39, 0.29) is 22.9 Å². The Kier molecular flexibility index (Phi) is 6.21. The first kappa shape index (κ1) is 19.0. The van der Waals surface area contributed by atoms with Crippen LogP contribution in [0, 0.1) is 0 Å². The number of halogens is 3. The molecule has 0 atom stereocenters. The van der Waals surface area contributed by atoms with Crippen LogP contribution in [-0.4, -0.2) is 37.3 Å². The molecule has 0 spiro atoms. The monoisotopic (exact) mass is 375 g/mol. The molecule has 1 aromatic carbocycles. The number of aromatic nitrogens is 1. The van der Waals surface area contributed by atoms with E-state index in [2.05, 4.69) is 10.3 Å². The standard InChI is InChI=1S/C15H16F3N3O3S/c1-23-11-3-2-9(6-12(11)24-8-15(16,17)18)20-14(22)10-7-25-13(21-10)4-5-19/h2-3,6-7H,4-5,8,19H2,1H3,(H,20,22). The van der Waals surface area contributed by atoms with Gasteiger partial charge in [0, 0.05) is 23.6 Å². The molecule has 6 nitrogen and oxygen atoms in total. The largest absolute Gasteiger partial charge is 0.493 e. The number of nitrogens with one attached hydrogen (secondary N) is 1. The molecule has 136 valence electrons. The van der Waals surface area contributed by atoms with Crippen LogP contribution < -0.4 is 20.5 Å². The average Bonchev–Trinajstić information content (AvgIpc) is 3.01. The third kappa shape index (κ3) is 5.61. The molecule has 0 fully saturated rings.